The van der Waals surface area contributed by atoms with Crippen LogP contribution in [0.1, 0.15) is 39.0 Å². The summed E-state index contributed by atoms with van der Waals surface area (Å²) in [5.41, 5.74) is 0. The summed E-state index contributed by atoms with van der Waals surface area (Å²) in [5, 5.41) is 13.4. The summed E-state index contributed by atoms with van der Waals surface area (Å²) in [6.45, 7) is 4.53. The lowest BCUT2D eigenvalue weighted by atomic mass is 9.95. The first-order valence-corrected chi connectivity index (χ1v) is 7.86. The molecule has 2 unspecified atom stereocenters. The van der Waals surface area contributed by atoms with Gasteiger partial charge in [-0.1, -0.05) is 19.3 Å². The first kappa shape index (κ1) is 17.9. The normalized spacial score (nSPS) is 19.9. The van der Waals surface area contributed by atoms with Crippen LogP contribution in [-0.2, 0) is 14.2 Å². The van der Waals surface area contributed by atoms with E-state index in [1.807, 2.05) is 6.92 Å². The van der Waals surface area contributed by atoms with Gasteiger partial charge in [0.15, 0.2) is 0 Å². The fourth-order valence-corrected chi connectivity index (χ4v) is 2.50. The molecule has 1 fully saturated rings. The second-order valence-corrected chi connectivity index (χ2v) is 5.47. The number of aliphatic hydroxyl groups excluding tert-OH is 1. The minimum Gasteiger partial charge on any atom is -0.389 e. The third-order valence-electron chi connectivity index (χ3n) is 3.63. The quantitative estimate of drug-likeness (QED) is 0.601. The maximum absolute atomic E-state index is 9.95. The largest absolute Gasteiger partial charge is 0.389 e. The number of methoxy groups -OCH3 is 1. The zero-order valence-electron chi connectivity index (χ0n) is 13.0. The number of nitrogens with one attached hydrogen (secondary N) is 1. The Bertz CT molecular complexity index is 222. The predicted octanol–water partition coefficient (Wildman–Crippen LogP) is 1.34. The molecule has 0 heterocycles. The molecule has 0 spiro atoms. The van der Waals surface area contributed by atoms with Crippen LogP contribution in [0.4, 0.5) is 0 Å². The Morgan fingerprint density at radius 2 is 1.90 bits per heavy atom. The van der Waals surface area contributed by atoms with Gasteiger partial charge in [0.1, 0.15) is 6.10 Å². The van der Waals surface area contributed by atoms with Gasteiger partial charge in [0, 0.05) is 26.3 Å². The van der Waals surface area contributed by atoms with E-state index in [1.165, 1.54) is 32.1 Å². The molecule has 0 saturated heterocycles. The highest BCUT2D eigenvalue weighted by Crippen LogP contribution is 2.17. The van der Waals surface area contributed by atoms with Crippen LogP contribution >= 0.6 is 0 Å². The van der Waals surface area contributed by atoms with Crippen molar-refractivity contribution in [2.24, 2.45) is 0 Å². The van der Waals surface area contributed by atoms with Crippen molar-refractivity contribution in [2.45, 2.75) is 57.3 Å². The van der Waals surface area contributed by atoms with E-state index in [4.69, 9.17) is 14.2 Å². The Morgan fingerprint density at radius 3 is 2.55 bits per heavy atom. The van der Waals surface area contributed by atoms with Crippen molar-refractivity contribution in [2.75, 3.05) is 40.1 Å². The zero-order chi connectivity index (χ0) is 14.6. The van der Waals surface area contributed by atoms with Crippen LogP contribution in [0.5, 0.6) is 0 Å². The van der Waals surface area contributed by atoms with Gasteiger partial charge in [0.25, 0.3) is 0 Å². The summed E-state index contributed by atoms with van der Waals surface area (Å²) in [7, 11) is 1.64. The second kappa shape index (κ2) is 11.5. The number of aliphatic hydroxyl groups is 1. The van der Waals surface area contributed by atoms with E-state index < -0.39 is 6.10 Å². The van der Waals surface area contributed by atoms with E-state index in [9.17, 15) is 5.11 Å². The lowest BCUT2D eigenvalue weighted by Crippen LogP contribution is -2.39. The van der Waals surface area contributed by atoms with Crippen molar-refractivity contribution in [3.63, 3.8) is 0 Å². The SMILES string of the molecule is CCOCC(COC)OCC(O)CNC1CCCCC1. The highest BCUT2D eigenvalue weighted by atomic mass is 16.6. The summed E-state index contributed by atoms with van der Waals surface area (Å²) >= 11 is 0. The van der Waals surface area contributed by atoms with Gasteiger partial charge in [-0.15, -0.1) is 0 Å². The van der Waals surface area contributed by atoms with Crippen molar-refractivity contribution >= 4 is 0 Å². The molecule has 0 aliphatic heterocycles. The van der Waals surface area contributed by atoms with Crippen molar-refractivity contribution in [1.82, 2.24) is 5.32 Å². The van der Waals surface area contributed by atoms with Crippen LogP contribution < -0.4 is 5.32 Å². The van der Waals surface area contributed by atoms with E-state index in [1.54, 1.807) is 7.11 Å². The molecule has 5 heteroatoms. The Morgan fingerprint density at radius 1 is 1.15 bits per heavy atom. The molecular formula is C15H31NO4. The molecule has 0 aromatic rings. The van der Waals surface area contributed by atoms with Crippen LogP contribution in [-0.4, -0.2) is 63.4 Å². The van der Waals surface area contributed by atoms with Crippen LogP contribution in [0.3, 0.4) is 0 Å². The molecule has 20 heavy (non-hydrogen) atoms. The lowest BCUT2D eigenvalue weighted by molar-refractivity contribution is -0.0732. The fraction of sp³-hybridized carbons (Fsp3) is 1.00. The maximum atomic E-state index is 9.95. The van der Waals surface area contributed by atoms with Crippen molar-refractivity contribution < 1.29 is 19.3 Å². The smallest absolute Gasteiger partial charge is 0.104 e. The van der Waals surface area contributed by atoms with Gasteiger partial charge in [-0.05, 0) is 19.8 Å². The molecule has 120 valence electrons. The Labute approximate surface area is 123 Å². The molecule has 5 nitrogen and oxygen atoms in total. The summed E-state index contributed by atoms with van der Waals surface area (Å²) in [5.74, 6) is 0. The average molecular weight is 289 g/mol. The summed E-state index contributed by atoms with van der Waals surface area (Å²) in [6, 6.07) is 0.566. The molecule has 1 rings (SSSR count). The van der Waals surface area contributed by atoms with E-state index >= 15 is 0 Å². The average Bonchev–Trinajstić information content (AvgIpc) is 2.49. The highest BCUT2D eigenvalue weighted by molar-refractivity contribution is 4.73. The van der Waals surface area contributed by atoms with Gasteiger partial charge in [-0.2, -0.15) is 0 Å². The van der Waals surface area contributed by atoms with Gasteiger partial charge in [-0.25, -0.2) is 0 Å². The Kier molecular flexibility index (Phi) is 10.2. The van der Waals surface area contributed by atoms with Gasteiger partial charge in [0.2, 0.25) is 0 Å². The van der Waals surface area contributed by atoms with Gasteiger partial charge in [-0.3, -0.25) is 0 Å². The molecule has 1 saturated carbocycles. The molecular weight excluding hydrogens is 258 g/mol. The molecule has 1 aliphatic carbocycles. The molecule has 0 bridgehead atoms. The summed E-state index contributed by atoms with van der Waals surface area (Å²) in [4.78, 5) is 0. The molecule has 2 N–H and O–H groups in total. The van der Waals surface area contributed by atoms with Crippen LogP contribution in [0.25, 0.3) is 0 Å². The maximum Gasteiger partial charge on any atom is 0.104 e. The molecule has 1 aliphatic rings. The minimum absolute atomic E-state index is 0.107. The number of hydrogen-bond acceptors (Lipinski definition) is 5. The van der Waals surface area contributed by atoms with Gasteiger partial charge < -0.3 is 24.6 Å². The highest BCUT2D eigenvalue weighted by Gasteiger charge is 2.16. The summed E-state index contributed by atoms with van der Waals surface area (Å²) in [6.07, 6.45) is 5.82. The number of rotatable bonds is 11. The Balaban J connectivity index is 2.10. The van der Waals surface area contributed by atoms with Crippen molar-refractivity contribution in [3.8, 4) is 0 Å². The standard InChI is InChI=1S/C15H31NO4/c1-3-19-12-15(11-18-2)20-10-14(17)9-16-13-7-5-4-6-8-13/h13-17H,3-12H2,1-2H3. The third kappa shape index (κ3) is 8.17. The molecule has 0 aromatic carbocycles. The third-order valence-corrected chi connectivity index (χ3v) is 3.63. The van der Waals surface area contributed by atoms with Crippen molar-refractivity contribution in [3.05, 3.63) is 0 Å². The summed E-state index contributed by atoms with van der Waals surface area (Å²) < 4.78 is 16.1. The molecule has 2 atom stereocenters. The van der Waals surface area contributed by atoms with Crippen LogP contribution in [0, 0.1) is 0 Å². The van der Waals surface area contributed by atoms with E-state index in [-0.39, 0.29) is 6.10 Å². The molecule has 0 aromatic heterocycles. The minimum atomic E-state index is -0.474. The van der Waals surface area contributed by atoms with Gasteiger partial charge >= 0.3 is 0 Å². The first-order valence-electron chi connectivity index (χ1n) is 7.86. The van der Waals surface area contributed by atoms with Gasteiger partial charge in [0.05, 0.1) is 25.9 Å². The van der Waals surface area contributed by atoms with E-state index in [0.29, 0.717) is 39.0 Å². The lowest BCUT2D eigenvalue weighted by Gasteiger charge is -2.25. The first-order chi connectivity index (χ1) is 9.76. The number of ether oxygens (including phenoxy) is 3. The fourth-order valence-electron chi connectivity index (χ4n) is 2.50. The Hall–Kier alpha value is -0.200. The molecule has 0 amide bonds. The van der Waals surface area contributed by atoms with E-state index in [0.717, 1.165) is 0 Å². The topological polar surface area (TPSA) is 60.0 Å². The van der Waals surface area contributed by atoms with E-state index in [2.05, 4.69) is 5.32 Å². The van der Waals surface area contributed by atoms with Crippen molar-refractivity contribution in [1.29, 1.82) is 0 Å². The zero-order valence-corrected chi connectivity index (χ0v) is 13.0. The predicted molar refractivity (Wildman–Crippen MR) is 79.0 cm³/mol. The van der Waals surface area contributed by atoms with Crippen LogP contribution in [0.15, 0.2) is 0 Å². The monoisotopic (exact) mass is 289 g/mol. The number of hydrogen-bond donors (Lipinski definition) is 2. The molecule has 0 radical (unpaired) electrons. The second-order valence-electron chi connectivity index (χ2n) is 5.47. The van der Waals surface area contributed by atoms with Crippen LogP contribution in [0.2, 0.25) is 0 Å².